The zero-order chi connectivity index (χ0) is 36.1. The minimum atomic E-state index is -0.826. The third-order valence-corrected chi connectivity index (χ3v) is 9.47. The van der Waals surface area contributed by atoms with Crippen LogP contribution in [-0.2, 0) is 33.7 Å². The van der Waals surface area contributed by atoms with Gasteiger partial charge in [-0.15, -0.1) is 68.1 Å². The maximum atomic E-state index is 4.93. The summed E-state index contributed by atoms with van der Waals surface area (Å²) >= 11 is -0.826. The SMILES string of the molecule is CCCCc1cc2c(-c3c(C)cccc3C)ccc(C)c2[cH-]1.CCCCc1cc2c(-c3c(C)cccc3C)ccc(C)c2[cH-]1.[CH2-]C.[Cl][Zr][Cl]. The summed E-state index contributed by atoms with van der Waals surface area (Å²) in [5, 5.41) is 5.68. The van der Waals surface area contributed by atoms with Crippen LogP contribution in [0.1, 0.15) is 91.0 Å². The second kappa shape index (κ2) is 20.4. The third kappa shape index (κ3) is 10.3. The number of hydrogen-bond acceptors (Lipinski definition) is 0. The number of rotatable bonds is 8. The van der Waals surface area contributed by atoms with Gasteiger partial charge in [-0.25, -0.2) is 0 Å². The van der Waals surface area contributed by atoms with Gasteiger partial charge >= 0.3 is 37.9 Å². The van der Waals surface area contributed by atoms with Crippen LogP contribution in [0, 0.1) is 48.5 Å². The summed E-state index contributed by atoms with van der Waals surface area (Å²) in [6.07, 6.45) is 7.43. The summed E-state index contributed by atoms with van der Waals surface area (Å²) in [6.45, 7) is 22.8. The Morgan fingerprint density at radius 2 is 0.857 bits per heavy atom. The summed E-state index contributed by atoms with van der Waals surface area (Å²) in [5.74, 6) is 0. The van der Waals surface area contributed by atoms with Gasteiger partial charge in [0.1, 0.15) is 0 Å². The number of unbranched alkanes of at least 4 members (excludes halogenated alkanes) is 2. The summed E-state index contributed by atoms with van der Waals surface area (Å²) in [6, 6.07) is 31.9. The van der Waals surface area contributed by atoms with Crippen LogP contribution < -0.4 is 0 Å². The summed E-state index contributed by atoms with van der Waals surface area (Å²) in [4.78, 5) is 0. The van der Waals surface area contributed by atoms with E-state index < -0.39 is 20.8 Å². The molecular weight excluding hydrogens is 715 g/mol. The number of hydrogen-bond donors (Lipinski definition) is 0. The Balaban J connectivity index is 0.000000235. The molecule has 260 valence electrons. The van der Waals surface area contributed by atoms with Gasteiger partial charge in [-0.3, -0.25) is 0 Å². The van der Waals surface area contributed by atoms with Crippen molar-refractivity contribution in [2.45, 2.75) is 101 Å². The Hall–Kier alpha value is -2.44. The van der Waals surface area contributed by atoms with E-state index in [1.807, 2.05) is 0 Å². The molecule has 49 heavy (non-hydrogen) atoms. The zero-order valence-electron chi connectivity index (χ0n) is 31.3. The summed E-state index contributed by atoms with van der Waals surface area (Å²) < 4.78 is 0. The van der Waals surface area contributed by atoms with Gasteiger partial charge in [-0.1, -0.05) is 113 Å². The molecule has 0 saturated heterocycles. The standard InChI is InChI=1S/2C22H25.C2H5.2ClH.Zr/c2*1-5-6-10-18-13-20-15(2)11-12-19(21(20)14-18)22-16(3)8-7-9-17(22)4;1-2;;;/h2*7-9,11-14H,5-6,10H2,1-4H3;1H2,2H3;2*1H;/q3*-1;;;+2/p-2. The molecule has 6 aromatic carbocycles. The van der Waals surface area contributed by atoms with E-state index in [4.69, 9.17) is 17.0 Å². The molecule has 0 aliphatic rings. The fourth-order valence-corrected chi connectivity index (χ4v) is 6.97. The van der Waals surface area contributed by atoms with Crippen molar-refractivity contribution in [1.82, 2.24) is 0 Å². The van der Waals surface area contributed by atoms with Crippen molar-refractivity contribution in [3.05, 3.63) is 136 Å². The molecule has 0 saturated carbocycles. The first kappa shape index (κ1) is 41.0. The van der Waals surface area contributed by atoms with Crippen LogP contribution in [0.4, 0.5) is 0 Å². The quantitative estimate of drug-likeness (QED) is 0.135. The molecule has 0 nitrogen and oxygen atoms in total. The van der Waals surface area contributed by atoms with Crippen LogP contribution >= 0.6 is 17.0 Å². The molecule has 0 aliphatic heterocycles. The number of fused-ring (bicyclic) bond motifs is 2. The van der Waals surface area contributed by atoms with E-state index in [9.17, 15) is 0 Å². The third-order valence-electron chi connectivity index (χ3n) is 9.47. The zero-order valence-corrected chi connectivity index (χ0v) is 35.3. The molecule has 0 radical (unpaired) electrons. The normalized spacial score (nSPS) is 10.5. The molecule has 0 spiro atoms. The van der Waals surface area contributed by atoms with Crippen molar-refractivity contribution in [2.75, 3.05) is 0 Å². The molecule has 0 unspecified atom stereocenters. The van der Waals surface area contributed by atoms with E-state index in [-0.39, 0.29) is 0 Å². The molecule has 6 aromatic rings. The van der Waals surface area contributed by atoms with Gasteiger partial charge in [0, 0.05) is 0 Å². The van der Waals surface area contributed by atoms with Crippen molar-refractivity contribution >= 4 is 38.6 Å². The van der Waals surface area contributed by atoms with Crippen LogP contribution in [0.5, 0.6) is 0 Å². The molecule has 0 aromatic heterocycles. The van der Waals surface area contributed by atoms with Gasteiger partial charge in [0.05, 0.1) is 0 Å². The number of halogens is 2. The first-order valence-corrected chi connectivity index (χ1v) is 24.2. The molecule has 6 rings (SSSR count). The first-order valence-electron chi connectivity index (χ1n) is 17.8. The van der Waals surface area contributed by atoms with Gasteiger partial charge in [-0.2, -0.15) is 19.1 Å². The van der Waals surface area contributed by atoms with Gasteiger partial charge in [0.15, 0.2) is 0 Å². The van der Waals surface area contributed by atoms with E-state index in [2.05, 4.69) is 147 Å². The molecule has 0 aliphatic carbocycles. The fraction of sp³-hybridized carbons (Fsp3) is 0.326. The van der Waals surface area contributed by atoms with Crippen LogP contribution in [-0.4, -0.2) is 0 Å². The topological polar surface area (TPSA) is 0 Å². The molecular formula is C46H55Cl2Zr-3. The van der Waals surface area contributed by atoms with E-state index >= 15 is 0 Å². The van der Waals surface area contributed by atoms with Gasteiger partial charge < -0.3 is 6.92 Å². The van der Waals surface area contributed by atoms with Crippen molar-refractivity contribution in [2.24, 2.45) is 0 Å². The number of benzene rings is 4. The van der Waals surface area contributed by atoms with Crippen molar-refractivity contribution < 1.29 is 20.8 Å². The molecule has 0 fully saturated rings. The monoisotopic (exact) mass is 767 g/mol. The van der Waals surface area contributed by atoms with Gasteiger partial charge in [-0.05, 0) is 73.9 Å². The first-order chi connectivity index (χ1) is 23.6. The second-order valence-corrected chi connectivity index (χ2v) is 16.8. The predicted octanol–water partition coefficient (Wildman–Crippen LogP) is 15.2. The van der Waals surface area contributed by atoms with E-state index in [0.717, 1.165) is 0 Å². The summed E-state index contributed by atoms with van der Waals surface area (Å²) in [5.41, 5.74) is 16.8. The summed E-state index contributed by atoms with van der Waals surface area (Å²) in [7, 11) is 9.87. The number of aryl methyl sites for hydroxylation is 8. The molecule has 0 bridgehead atoms. The Labute approximate surface area is 316 Å². The van der Waals surface area contributed by atoms with Crippen molar-refractivity contribution in [1.29, 1.82) is 0 Å². The van der Waals surface area contributed by atoms with Crippen LogP contribution in [0.15, 0.2) is 84.9 Å². The van der Waals surface area contributed by atoms with Crippen molar-refractivity contribution in [3.8, 4) is 22.3 Å². The molecule has 0 N–H and O–H groups in total. The van der Waals surface area contributed by atoms with Gasteiger partial charge in [0.2, 0.25) is 0 Å². The average Bonchev–Trinajstić information content (AvgIpc) is 3.72. The minimum absolute atomic E-state index is 0.826. The Bertz CT molecular complexity index is 1740. The molecule has 0 atom stereocenters. The average molecular weight is 770 g/mol. The second-order valence-electron chi connectivity index (χ2n) is 13.1. The van der Waals surface area contributed by atoms with Crippen LogP contribution in [0.25, 0.3) is 43.8 Å². The van der Waals surface area contributed by atoms with Crippen LogP contribution in [0.3, 0.4) is 0 Å². The maximum absolute atomic E-state index is 4.93. The van der Waals surface area contributed by atoms with E-state index in [0.29, 0.717) is 0 Å². The molecule has 0 amide bonds. The fourth-order valence-electron chi connectivity index (χ4n) is 6.97. The molecule has 3 heteroatoms. The van der Waals surface area contributed by atoms with Crippen molar-refractivity contribution in [3.63, 3.8) is 0 Å². The Kier molecular flexibility index (Phi) is 17.1. The molecule has 0 heterocycles. The van der Waals surface area contributed by atoms with Gasteiger partial charge in [0.25, 0.3) is 0 Å². The van der Waals surface area contributed by atoms with E-state index in [1.165, 1.54) is 127 Å². The predicted molar refractivity (Wildman–Crippen MR) is 218 cm³/mol. The Morgan fingerprint density at radius 3 is 1.16 bits per heavy atom. The van der Waals surface area contributed by atoms with Crippen LogP contribution in [0.2, 0.25) is 0 Å². The van der Waals surface area contributed by atoms with E-state index in [1.54, 1.807) is 6.92 Å². The Morgan fingerprint density at radius 1 is 0.531 bits per heavy atom.